The highest BCUT2D eigenvalue weighted by molar-refractivity contribution is 5.66. The zero-order valence-corrected chi connectivity index (χ0v) is 8.42. The maximum absolute atomic E-state index is 11.0. The Kier molecular flexibility index (Phi) is 2.82. The van der Waals surface area contributed by atoms with E-state index >= 15 is 0 Å². The van der Waals surface area contributed by atoms with Crippen LogP contribution in [0.15, 0.2) is 41.2 Å². The van der Waals surface area contributed by atoms with Gasteiger partial charge >= 0.3 is 0 Å². The molecule has 0 aliphatic rings. The summed E-state index contributed by atoms with van der Waals surface area (Å²) in [7, 11) is 0. The summed E-state index contributed by atoms with van der Waals surface area (Å²) in [6, 6.07) is 10.6. The van der Waals surface area contributed by atoms with Gasteiger partial charge in [-0.25, -0.2) is 0 Å². The number of aromatic hydroxyl groups is 1. The molecule has 0 aliphatic carbocycles. The van der Waals surface area contributed by atoms with E-state index in [1.807, 2.05) is 30.3 Å². The molecule has 0 saturated carbocycles. The number of benzene rings is 1. The monoisotopic (exact) mass is 214 g/mol. The maximum Gasteiger partial charge on any atom is 0.254 e. The molecule has 2 rings (SSSR count). The van der Waals surface area contributed by atoms with Gasteiger partial charge in [0.2, 0.25) is 5.88 Å². The van der Waals surface area contributed by atoms with E-state index in [4.69, 9.17) is 5.11 Å². The Bertz CT molecular complexity index is 559. The van der Waals surface area contributed by atoms with Crippen molar-refractivity contribution >= 4 is 12.2 Å². The number of nitrogens with zero attached hydrogens (tertiary/aromatic N) is 1. The Labute approximate surface area is 91.9 Å². The molecule has 0 radical (unpaired) electrons. The number of hydrogen-bond donors (Lipinski definition) is 2. The van der Waals surface area contributed by atoms with Crippen molar-refractivity contribution in [3.8, 4) is 5.88 Å². The fourth-order valence-electron chi connectivity index (χ4n) is 1.28. The van der Waals surface area contributed by atoms with E-state index in [2.05, 4.69) is 9.97 Å². The number of aromatic nitrogens is 2. The van der Waals surface area contributed by atoms with Gasteiger partial charge in [-0.1, -0.05) is 36.4 Å². The van der Waals surface area contributed by atoms with Crippen molar-refractivity contribution in [2.24, 2.45) is 0 Å². The van der Waals surface area contributed by atoms with Gasteiger partial charge < -0.3 is 10.1 Å². The second-order valence-electron chi connectivity index (χ2n) is 3.23. The van der Waals surface area contributed by atoms with Crippen molar-refractivity contribution in [2.45, 2.75) is 0 Å². The summed E-state index contributed by atoms with van der Waals surface area (Å²) in [6.07, 6.45) is 3.44. The van der Waals surface area contributed by atoms with Gasteiger partial charge in [0.05, 0.1) is 6.07 Å². The molecule has 4 nitrogen and oxygen atoms in total. The predicted molar refractivity (Wildman–Crippen MR) is 61.9 cm³/mol. The summed E-state index contributed by atoms with van der Waals surface area (Å²) in [6.45, 7) is 0. The highest BCUT2D eigenvalue weighted by Crippen LogP contribution is 2.05. The van der Waals surface area contributed by atoms with Crippen LogP contribution in [0.5, 0.6) is 5.88 Å². The van der Waals surface area contributed by atoms with Gasteiger partial charge in [0.1, 0.15) is 5.82 Å². The lowest BCUT2D eigenvalue weighted by Crippen LogP contribution is -2.06. The molecule has 2 aromatic rings. The van der Waals surface area contributed by atoms with Crippen molar-refractivity contribution in [3.05, 3.63) is 58.1 Å². The Hall–Kier alpha value is -2.36. The Morgan fingerprint density at radius 1 is 1.19 bits per heavy atom. The van der Waals surface area contributed by atoms with Gasteiger partial charge in [0, 0.05) is 0 Å². The molecule has 0 atom stereocenters. The number of aromatic amines is 1. The zero-order chi connectivity index (χ0) is 11.4. The van der Waals surface area contributed by atoms with Gasteiger partial charge in [0.15, 0.2) is 0 Å². The summed E-state index contributed by atoms with van der Waals surface area (Å²) in [5.41, 5.74) is 0.619. The third kappa shape index (κ3) is 2.57. The molecular formula is C12H10N2O2. The van der Waals surface area contributed by atoms with Crippen LogP contribution < -0.4 is 5.56 Å². The standard InChI is InChI=1S/C12H10N2O2/c15-11-8-12(16)14-10(13-11)7-6-9-4-2-1-3-5-9/h1-8H,(H2,13,14,15,16). The average molecular weight is 214 g/mol. The van der Waals surface area contributed by atoms with E-state index in [1.165, 1.54) is 0 Å². The molecule has 0 amide bonds. The fourth-order valence-corrected chi connectivity index (χ4v) is 1.28. The molecule has 4 heteroatoms. The largest absolute Gasteiger partial charge is 0.493 e. The van der Waals surface area contributed by atoms with E-state index in [9.17, 15) is 4.79 Å². The minimum absolute atomic E-state index is 0.281. The first-order valence-electron chi connectivity index (χ1n) is 4.77. The molecule has 1 aromatic carbocycles. The fraction of sp³-hybridized carbons (Fsp3) is 0. The summed E-state index contributed by atoms with van der Waals surface area (Å²) in [5.74, 6) is 0.0466. The number of H-pyrrole nitrogens is 1. The van der Waals surface area contributed by atoms with Crippen molar-refractivity contribution < 1.29 is 5.11 Å². The number of rotatable bonds is 2. The lowest BCUT2D eigenvalue weighted by Gasteiger charge is -1.94. The Balaban J connectivity index is 2.27. The molecule has 0 saturated heterocycles. The molecule has 0 spiro atoms. The molecule has 0 bridgehead atoms. The van der Waals surface area contributed by atoms with Crippen LogP contribution in [0, 0.1) is 0 Å². The summed E-state index contributed by atoms with van der Waals surface area (Å²) in [4.78, 5) is 17.3. The van der Waals surface area contributed by atoms with Crippen molar-refractivity contribution in [3.63, 3.8) is 0 Å². The van der Waals surface area contributed by atoms with Crippen LogP contribution in [-0.2, 0) is 0 Å². The van der Waals surface area contributed by atoms with Crippen LogP contribution in [0.1, 0.15) is 11.4 Å². The van der Waals surface area contributed by atoms with Gasteiger partial charge in [-0.15, -0.1) is 0 Å². The van der Waals surface area contributed by atoms with Gasteiger partial charge in [-0.05, 0) is 11.6 Å². The predicted octanol–water partition coefficient (Wildman–Crippen LogP) is 1.65. The van der Waals surface area contributed by atoms with Crippen molar-refractivity contribution in [1.29, 1.82) is 0 Å². The Morgan fingerprint density at radius 3 is 2.62 bits per heavy atom. The second kappa shape index (κ2) is 4.44. The van der Waals surface area contributed by atoms with Crippen LogP contribution >= 0.6 is 0 Å². The number of nitrogens with one attached hydrogen (secondary N) is 1. The summed E-state index contributed by atoms with van der Waals surface area (Å²) < 4.78 is 0. The molecule has 0 fully saturated rings. The molecule has 1 heterocycles. The lowest BCUT2D eigenvalue weighted by molar-refractivity contribution is 0.450. The first kappa shape index (κ1) is 10.2. The minimum Gasteiger partial charge on any atom is -0.493 e. The van der Waals surface area contributed by atoms with E-state index in [1.54, 1.807) is 12.2 Å². The van der Waals surface area contributed by atoms with E-state index in [-0.39, 0.29) is 11.4 Å². The van der Waals surface area contributed by atoms with Gasteiger partial charge in [-0.3, -0.25) is 4.79 Å². The molecule has 16 heavy (non-hydrogen) atoms. The van der Waals surface area contributed by atoms with E-state index in [0.717, 1.165) is 11.6 Å². The highest BCUT2D eigenvalue weighted by Gasteiger charge is 1.95. The lowest BCUT2D eigenvalue weighted by atomic mass is 10.2. The molecule has 0 unspecified atom stereocenters. The van der Waals surface area contributed by atoms with E-state index < -0.39 is 0 Å². The molecular weight excluding hydrogens is 204 g/mol. The summed E-state index contributed by atoms with van der Waals surface area (Å²) in [5, 5.41) is 9.13. The van der Waals surface area contributed by atoms with Crippen LogP contribution in [0.4, 0.5) is 0 Å². The molecule has 80 valence electrons. The Morgan fingerprint density at radius 2 is 1.94 bits per heavy atom. The van der Waals surface area contributed by atoms with Crippen molar-refractivity contribution in [1.82, 2.24) is 9.97 Å². The molecule has 1 aromatic heterocycles. The first-order chi connectivity index (χ1) is 7.74. The zero-order valence-electron chi connectivity index (χ0n) is 8.42. The highest BCUT2D eigenvalue weighted by atomic mass is 16.3. The van der Waals surface area contributed by atoms with Gasteiger partial charge in [-0.2, -0.15) is 4.98 Å². The smallest absolute Gasteiger partial charge is 0.254 e. The van der Waals surface area contributed by atoms with Crippen LogP contribution in [0.25, 0.3) is 12.2 Å². The second-order valence-corrected chi connectivity index (χ2v) is 3.23. The van der Waals surface area contributed by atoms with Crippen LogP contribution in [-0.4, -0.2) is 15.1 Å². The number of hydrogen-bond acceptors (Lipinski definition) is 3. The maximum atomic E-state index is 11.0. The average Bonchev–Trinajstić information content (AvgIpc) is 2.27. The third-order valence-electron chi connectivity index (χ3n) is 1.98. The molecule has 2 N–H and O–H groups in total. The quantitative estimate of drug-likeness (QED) is 0.798. The topological polar surface area (TPSA) is 66.0 Å². The SMILES string of the molecule is O=c1cc(O)nc(C=Cc2ccccc2)[nH]1. The van der Waals surface area contributed by atoms with Crippen LogP contribution in [0.3, 0.4) is 0 Å². The van der Waals surface area contributed by atoms with Crippen molar-refractivity contribution in [2.75, 3.05) is 0 Å². The summed E-state index contributed by atoms with van der Waals surface area (Å²) >= 11 is 0. The molecule has 0 aliphatic heterocycles. The minimum atomic E-state index is -0.375. The third-order valence-corrected chi connectivity index (χ3v) is 1.98. The van der Waals surface area contributed by atoms with Crippen LogP contribution in [0.2, 0.25) is 0 Å². The normalized spacial score (nSPS) is 10.8. The van der Waals surface area contributed by atoms with Gasteiger partial charge in [0.25, 0.3) is 5.56 Å². The first-order valence-corrected chi connectivity index (χ1v) is 4.77. The van der Waals surface area contributed by atoms with E-state index in [0.29, 0.717) is 5.82 Å².